The molecule has 0 radical (unpaired) electrons. The average Bonchev–Trinajstić information content (AvgIpc) is 2.83. The van der Waals surface area contributed by atoms with Crippen molar-refractivity contribution in [1.29, 1.82) is 0 Å². The highest BCUT2D eigenvalue weighted by Gasteiger charge is 2.33. The van der Waals surface area contributed by atoms with Crippen molar-refractivity contribution < 1.29 is 22.9 Å². The van der Waals surface area contributed by atoms with E-state index in [-0.39, 0.29) is 42.3 Å². The van der Waals surface area contributed by atoms with Crippen LogP contribution >= 0.6 is 7.14 Å². The van der Waals surface area contributed by atoms with Gasteiger partial charge in [-0.15, -0.1) is 0 Å². The number of benzene rings is 2. The van der Waals surface area contributed by atoms with Gasteiger partial charge < -0.3 is 9.46 Å². The fourth-order valence-electron chi connectivity index (χ4n) is 4.66. The molecule has 8 heteroatoms. The van der Waals surface area contributed by atoms with Gasteiger partial charge in [-0.05, 0) is 62.4 Å². The maximum absolute atomic E-state index is 15.3. The number of Topliss-reactive ketones (excluding diaryl/α,β-unsaturated/α-hetero) is 1. The van der Waals surface area contributed by atoms with Gasteiger partial charge in [-0.3, -0.25) is 14.6 Å². The summed E-state index contributed by atoms with van der Waals surface area (Å²) in [6.45, 7) is 5.32. The molecule has 36 heavy (non-hydrogen) atoms. The van der Waals surface area contributed by atoms with Gasteiger partial charge in [0.15, 0.2) is 11.6 Å². The molecule has 0 saturated carbocycles. The van der Waals surface area contributed by atoms with Crippen LogP contribution < -0.4 is 10.2 Å². The molecular formula is C28H29F2N2O3P. The number of halogens is 2. The fraction of sp³-hybridized carbons (Fsp3) is 0.321. The van der Waals surface area contributed by atoms with Crippen molar-refractivity contribution in [3.8, 4) is 11.1 Å². The lowest BCUT2D eigenvalue weighted by molar-refractivity contribution is -0.128. The van der Waals surface area contributed by atoms with Crippen LogP contribution in [-0.4, -0.2) is 36.5 Å². The molecule has 3 aromatic rings. The number of hydrogen-bond donors (Lipinski definition) is 0. The Bertz CT molecular complexity index is 1350. The van der Waals surface area contributed by atoms with Crippen molar-refractivity contribution in [2.24, 2.45) is 5.92 Å². The zero-order chi connectivity index (χ0) is 26.0. The number of ketones is 1. The minimum atomic E-state index is -2.74. The highest BCUT2D eigenvalue weighted by Crippen LogP contribution is 2.40. The SMILES string of the molecule is Cc1ccc(CC(=O)C[C@@H]2CCCN(c3ccc(-c4ccccc4P(C)(C)=O)c(F)c3F)C2=O)nc1. The normalized spacial score (nSPS) is 16.3. The maximum atomic E-state index is 15.3. The summed E-state index contributed by atoms with van der Waals surface area (Å²) in [5, 5.41) is 0.465. The molecule has 1 aliphatic heterocycles. The van der Waals surface area contributed by atoms with Gasteiger partial charge >= 0.3 is 0 Å². The van der Waals surface area contributed by atoms with Crippen LogP contribution in [-0.2, 0) is 20.6 Å². The van der Waals surface area contributed by atoms with E-state index in [0.29, 0.717) is 29.4 Å². The Hall–Kier alpha value is -3.18. The second kappa shape index (κ2) is 10.4. The third-order valence-electron chi connectivity index (χ3n) is 6.50. The standard InChI is InChI=1S/C28H29F2N2O3P/c1-18-10-11-20(31-17-18)16-21(33)15-19-7-6-14-32(28(19)34)24-13-12-23(26(29)27(24)30)22-8-4-5-9-25(22)36(2,3)35/h4-5,8-13,17,19H,6-7,14-16H2,1-3H3/t19-/m0/s1. The number of aryl methyl sites for hydroxylation is 1. The topological polar surface area (TPSA) is 67.3 Å². The molecule has 2 heterocycles. The lowest BCUT2D eigenvalue weighted by Gasteiger charge is -2.32. The first-order valence-electron chi connectivity index (χ1n) is 11.9. The lowest BCUT2D eigenvalue weighted by atomic mass is 9.90. The van der Waals surface area contributed by atoms with Gasteiger partial charge in [0.25, 0.3) is 0 Å². The predicted molar refractivity (Wildman–Crippen MR) is 138 cm³/mol. The number of nitrogens with zero attached hydrogens (tertiary/aromatic N) is 2. The summed E-state index contributed by atoms with van der Waals surface area (Å²) in [6.07, 6.45) is 2.94. The average molecular weight is 511 g/mol. The van der Waals surface area contributed by atoms with Crippen LogP contribution in [0.3, 0.4) is 0 Å². The van der Waals surface area contributed by atoms with E-state index in [1.807, 2.05) is 13.0 Å². The summed E-state index contributed by atoms with van der Waals surface area (Å²) < 4.78 is 43.4. The third-order valence-corrected chi connectivity index (χ3v) is 8.05. The highest BCUT2D eigenvalue weighted by atomic mass is 31.2. The first kappa shape index (κ1) is 25.9. The molecule has 1 saturated heterocycles. The number of pyridine rings is 1. The number of carbonyl (C=O) groups is 2. The molecule has 1 amide bonds. The Labute approximate surface area is 209 Å². The largest absolute Gasteiger partial charge is 0.319 e. The van der Waals surface area contributed by atoms with Crippen LogP contribution in [0.2, 0.25) is 0 Å². The fourth-order valence-corrected chi connectivity index (χ4v) is 5.88. The summed E-state index contributed by atoms with van der Waals surface area (Å²) in [6, 6.07) is 13.1. The number of rotatable bonds is 7. The Balaban J connectivity index is 1.56. The van der Waals surface area contributed by atoms with E-state index in [9.17, 15) is 14.2 Å². The van der Waals surface area contributed by atoms with Gasteiger partial charge in [-0.25, -0.2) is 8.78 Å². The van der Waals surface area contributed by atoms with Gasteiger partial charge in [0.05, 0.1) is 5.69 Å². The van der Waals surface area contributed by atoms with Crippen molar-refractivity contribution >= 4 is 29.8 Å². The Morgan fingerprint density at radius 3 is 2.50 bits per heavy atom. The van der Waals surface area contributed by atoms with Gasteiger partial charge in [-0.2, -0.15) is 0 Å². The number of anilines is 1. The molecule has 4 rings (SSSR count). The molecule has 1 fully saturated rings. The molecule has 1 atom stereocenters. The lowest BCUT2D eigenvalue weighted by Crippen LogP contribution is -2.42. The second-order valence-electron chi connectivity index (χ2n) is 9.70. The van der Waals surface area contributed by atoms with Crippen LogP contribution in [0.1, 0.15) is 30.5 Å². The Kier molecular flexibility index (Phi) is 7.51. The summed E-state index contributed by atoms with van der Waals surface area (Å²) in [7, 11) is -2.74. The van der Waals surface area contributed by atoms with Gasteiger partial charge in [0, 0.05) is 48.1 Å². The summed E-state index contributed by atoms with van der Waals surface area (Å²) in [5.41, 5.74) is 1.85. The van der Waals surface area contributed by atoms with Crippen molar-refractivity contribution in [3.05, 3.63) is 77.6 Å². The third kappa shape index (κ3) is 5.46. The van der Waals surface area contributed by atoms with Crippen LogP contribution in [0.25, 0.3) is 11.1 Å². The molecule has 2 aromatic carbocycles. The highest BCUT2D eigenvalue weighted by molar-refractivity contribution is 7.70. The molecule has 0 aliphatic carbocycles. The van der Waals surface area contributed by atoms with Gasteiger partial charge in [-0.1, -0.05) is 30.3 Å². The smallest absolute Gasteiger partial charge is 0.230 e. The second-order valence-corrected chi connectivity index (χ2v) is 12.9. The van der Waals surface area contributed by atoms with Gasteiger partial charge in [0.1, 0.15) is 12.9 Å². The molecule has 0 spiro atoms. The van der Waals surface area contributed by atoms with Crippen LogP contribution in [0.4, 0.5) is 14.5 Å². The predicted octanol–water partition coefficient (Wildman–Crippen LogP) is 5.53. The van der Waals surface area contributed by atoms with Crippen LogP contribution in [0.5, 0.6) is 0 Å². The minimum Gasteiger partial charge on any atom is -0.319 e. The van der Waals surface area contributed by atoms with Crippen molar-refractivity contribution in [3.63, 3.8) is 0 Å². The number of hydrogen-bond acceptors (Lipinski definition) is 4. The van der Waals surface area contributed by atoms with E-state index in [2.05, 4.69) is 4.98 Å². The minimum absolute atomic E-state index is 0.00226. The van der Waals surface area contributed by atoms with E-state index in [1.54, 1.807) is 49.9 Å². The summed E-state index contributed by atoms with van der Waals surface area (Å²) in [5.74, 6) is -3.32. The summed E-state index contributed by atoms with van der Waals surface area (Å²) in [4.78, 5) is 31.3. The van der Waals surface area contributed by atoms with E-state index < -0.39 is 24.7 Å². The van der Waals surface area contributed by atoms with Gasteiger partial charge in [0.2, 0.25) is 5.91 Å². The first-order chi connectivity index (χ1) is 17.1. The quantitative estimate of drug-likeness (QED) is 0.392. The molecule has 0 N–H and O–H groups in total. The van der Waals surface area contributed by atoms with Crippen molar-refractivity contribution in [2.75, 3.05) is 24.8 Å². The molecule has 5 nitrogen and oxygen atoms in total. The number of carbonyl (C=O) groups excluding carboxylic acids is 2. The molecule has 0 unspecified atom stereocenters. The van der Waals surface area contributed by atoms with E-state index >= 15 is 8.78 Å². The zero-order valence-corrected chi connectivity index (χ0v) is 21.5. The maximum Gasteiger partial charge on any atom is 0.230 e. The van der Waals surface area contributed by atoms with Crippen molar-refractivity contribution in [2.45, 2.75) is 32.6 Å². The van der Waals surface area contributed by atoms with Crippen LogP contribution in [0, 0.1) is 24.5 Å². The molecule has 188 valence electrons. The van der Waals surface area contributed by atoms with Crippen molar-refractivity contribution in [1.82, 2.24) is 4.98 Å². The van der Waals surface area contributed by atoms with E-state index in [1.165, 1.54) is 17.0 Å². The first-order valence-corrected chi connectivity index (χ1v) is 14.5. The monoisotopic (exact) mass is 510 g/mol. The Morgan fingerprint density at radius 1 is 1.06 bits per heavy atom. The molecule has 1 aliphatic rings. The molecule has 0 bridgehead atoms. The number of amides is 1. The molecule has 1 aromatic heterocycles. The van der Waals surface area contributed by atoms with E-state index in [0.717, 1.165) is 5.56 Å². The zero-order valence-electron chi connectivity index (χ0n) is 20.6. The summed E-state index contributed by atoms with van der Waals surface area (Å²) >= 11 is 0. The number of piperidine rings is 1. The number of aromatic nitrogens is 1. The van der Waals surface area contributed by atoms with Crippen LogP contribution in [0.15, 0.2) is 54.7 Å². The molecular weight excluding hydrogens is 481 g/mol. The van der Waals surface area contributed by atoms with E-state index in [4.69, 9.17) is 0 Å². The Morgan fingerprint density at radius 2 is 1.81 bits per heavy atom.